The lowest BCUT2D eigenvalue weighted by molar-refractivity contribution is -0.124. The van der Waals surface area contributed by atoms with Crippen LogP contribution in [0, 0.1) is 0 Å². The smallest absolute Gasteiger partial charge is 0.222 e. The van der Waals surface area contributed by atoms with E-state index in [9.17, 15) is 4.79 Å². The molecule has 2 atom stereocenters. The Hall–Kier alpha value is -0.320. The van der Waals surface area contributed by atoms with Gasteiger partial charge < -0.3 is 15.4 Å². The Balaban J connectivity index is 0.00000256. The maximum atomic E-state index is 11.6. The van der Waals surface area contributed by atoms with Gasteiger partial charge in [-0.15, -0.1) is 12.4 Å². The van der Waals surface area contributed by atoms with E-state index in [1.54, 1.807) is 0 Å². The molecule has 1 amide bonds. The fraction of sp³-hybridized carbons (Fsp3) is 0.917. The van der Waals surface area contributed by atoms with E-state index < -0.39 is 0 Å². The van der Waals surface area contributed by atoms with Crippen LogP contribution in [0.15, 0.2) is 0 Å². The van der Waals surface area contributed by atoms with Crippen molar-refractivity contribution in [1.82, 2.24) is 10.6 Å². The summed E-state index contributed by atoms with van der Waals surface area (Å²) in [4.78, 5) is 11.6. The first-order valence-corrected chi connectivity index (χ1v) is 6.34. The molecule has 0 saturated carbocycles. The molecule has 1 unspecified atom stereocenters. The largest absolute Gasteiger partial charge is 0.378 e. The first-order chi connectivity index (χ1) is 7.72. The molecule has 2 N–H and O–H groups in total. The number of nitrogens with one attached hydrogen (secondary N) is 2. The number of carbonyl (C=O) groups excluding carboxylic acids is 1. The number of halogens is 1. The molecule has 1 fully saturated rings. The number of rotatable bonds is 6. The summed E-state index contributed by atoms with van der Waals surface area (Å²) in [5.41, 5.74) is 0. The molecule has 4 nitrogen and oxygen atoms in total. The molecule has 1 aliphatic heterocycles. The topological polar surface area (TPSA) is 50.4 Å². The molecule has 1 rings (SSSR count). The van der Waals surface area contributed by atoms with Crippen molar-refractivity contribution >= 4 is 18.3 Å². The maximum Gasteiger partial charge on any atom is 0.222 e. The van der Waals surface area contributed by atoms with E-state index >= 15 is 0 Å². The number of amides is 1. The standard InChI is InChI=1S/C12H24N2O2.ClH/c1-3-13-10(2)9-14-12(15)8-11-6-4-5-7-16-11;/h10-11,13H,3-9H2,1-2H3,(H,14,15);1H/t10-,11?;/m1./s1. The lowest BCUT2D eigenvalue weighted by atomic mass is 10.1. The van der Waals surface area contributed by atoms with Gasteiger partial charge in [0.1, 0.15) is 0 Å². The maximum absolute atomic E-state index is 11.6. The Bertz CT molecular complexity index is 209. The lowest BCUT2D eigenvalue weighted by Gasteiger charge is -2.22. The summed E-state index contributed by atoms with van der Waals surface area (Å²) in [6.45, 7) is 6.57. The minimum Gasteiger partial charge on any atom is -0.378 e. The highest BCUT2D eigenvalue weighted by atomic mass is 35.5. The summed E-state index contributed by atoms with van der Waals surface area (Å²) in [5.74, 6) is 0.108. The molecule has 0 aromatic heterocycles. The van der Waals surface area contributed by atoms with Gasteiger partial charge in [-0.1, -0.05) is 6.92 Å². The summed E-state index contributed by atoms with van der Waals surface area (Å²) in [6, 6.07) is 0.334. The zero-order valence-corrected chi connectivity index (χ0v) is 11.6. The molecule has 1 aliphatic rings. The van der Waals surface area contributed by atoms with Crippen LogP contribution in [0.2, 0.25) is 0 Å². The minimum atomic E-state index is 0. The number of ether oxygens (including phenoxy) is 1. The van der Waals surface area contributed by atoms with Crippen LogP contribution < -0.4 is 10.6 Å². The average molecular weight is 265 g/mol. The molecule has 17 heavy (non-hydrogen) atoms. The van der Waals surface area contributed by atoms with E-state index in [0.717, 1.165) is 26.0 Å². The number of likely N-dealkylation sites (N-methyl/N-ethyl adjacent to an activating group) is 1. The predicted octanol–water partition coefficient (Wildman–Crippen LogP) is 1.48. The van der Waals surface area contributed by atoms with Crippen LogP contribution in [0.3, 0.4) is 0 Å². The molecule has 102 valence electrons. The van der Waals surface area contributed by atoms with E-state index in [1.165, 1.54) is 6.42 Å². The number of carbonyl (C=O) groups is 1. The van der Waals surface area contributed by atoms with Gasteiger partial charge in [0.2, 0.25) is 5.91 Å². The van der Waals surface area contributed by atoms with Gasteiger partial charge in [0.05, 0.1) is 12.5 Å². The van der Waals surface area contributed by atoms with Gasteiger partial charge >= 0.3 is 0 Å². The molecule has 0 spiro atoms. The summed E-state index contributed by atoms with van der Waals surface area (Å²) < 4.78 is 5.53. The zero-order chi connectivity index (χ0) is 11.8. The first-order valence-electron chi connectivity index (χ1n) is 6.34. The molecule has 0 aromatic carbocycles. The zero-order valence-electron chi connectivity index (χ0n) is 10.8. The average Bonchev–Trinajstić information content (AvgIpc) is 2.28. The van der Waals surface area contributed by atoms with Crippen molar-refractivity contribution in [2.75, 3.05) is 19.7 Å². The van der Waals surface area contributed by atoms with E-state index in [0.29, 0.717) is 19.0 Å². The van der Waals surface area contributed by atoms with Crippen LogP contribution >= 0.6 is 12.4 Å². The molecule has 0 radical (unpaired) electrons. The Kier molecular flexibility index (Phi) is 9.50. The van der Waals surface area contributed by atoms with Crippen LogP contribution in [0.4, 0.5) is 0 Å². The fourth-order valence-electron chi connectivity index (χ4n) is 1.93. The molecule has 5 heteroatoms. The Morgan fingerprint density at radius 3 is 2.82 bits per heavy atom. The Labute approximate surface area is 110 Å². The molecule has 0 bridgehead atoms. The summed E-state index contributed by atoms with van der Waals surface area (Å²) in [7, 11) is 0. The van der Waals surface area contributed by atoms with Gasteiger partial charge in [-0.25, -0.2) is 0 Å². The van der Waals surface area contributed by atoms with Gasteiger partial charge in [0, 0.05) is 19.2 Å². The Morgan fingerprint density at radius 2 is 2.24 bits per heavy atom. The van der Waals surface area contributed by atoms with Crippen molar-refractivity contribution in [3.63, 3.8) is 0 Å². The predicted molar refractivity (Wildman–Crippen MR) is 71.6 cm³/mol. The molecule has 0 aliphatic carbocycles. The normalized spacial score (nSPS) is 21.4. The van der Waals surface area contributed by atoms with Crippen LogP contribution in [0.1, 0.15) is 39.5 Å². The molecule has 1 heterocycles. The highest BCUT2D eigenvalue weighted by molar-refractivity contribution is 5.85. The summed E-state index contributed by atoms with van der Waals surface area (Å²) >= 11 is 0. The van der Waals surface area contributed by atoms with E-state index in [1.807, 2.05) is 0 Å². The van der Waals surface area contributed by atoms with Crippen molar-refractivity contribution in [3.8, 4) is 0 Å². The Morgan fingerprint density at radius 1 is 1.47 bits per heavy atom. The summed E-state index contributed by atoms with van der Waals surface area (Å²) in [6.07, 6.45) is 4.00. The highest BCUT2D eigenvalue weighted by Crippen LogP contribution is 2.15. The van der Waals surface area contributed by atoms with Gasteiger partial charge in [-0.3, -0.25) is 4.79 Å². The quantitative estimate of drug-likeness (QED) is 0.764. The van der Waals surface area contributed by atoms with Gasteiger partial charge in [0.15, 0.2) is 0 Å². The molecule has 0 aromatic rings. The van der Waals surface area contributed by atoms with Crippen molar-refractivity contribution in [2.24, 2.45) is 0 Å². The van der Waals surface area contributed by atoms with E-state index in [-0.39, 0.29) is 24.4 Å². The van der Waals surface area contributed by atoms with Gasteiger partial charge in [0.25, 0.3) is 0 Å². The van der Waals surface area contributed by atoms with Crippen molar-refractivity contribution in [2.45, 2.75) is 51.7 Å². The van der Waals surface area contributed by atoms with Gasteiger partial charge in [-0.2, -0.15) is 0 Å². The van der Waals surface area contributed by atoms with Crippen LogP contribution in [0.5, 0.6) is 0 Å². The van der Waals surface area contributed by atoms with Crippen molar-refractivity contribution < 1.29 is 9.53 Å². The number of hydrogen-bond donors (Lipinski definition) is 2. The molecule has 1 saturated heterocycles. The van der Waals surface area contributed by atoms with Crippen LogP contribution in [-0.2, 0) is 9.53 Å². The number of hydrogen-bond acceptors (Lipinski definition) is 3. The first kappa shape index (κ1) is 16.7. The lowest BCUT2D eigenvalue weighted by Crippen LogP contribution is -2.40. The molecular formula is C12H25ClN2O2. The summed E-state index contributed by atoms with van der Waals surface area (Å²) in [5, 5.41) is 6.19. The second kappa shape index (κ2) is 9.68. The van der Waals surface area contributed by atoms with E-state index in [2.05, 4.69) is 24.5 Å². The second-order valence-electron chi connectivity index (χ2n) is 4.46. The third-order valence-corrected chi connectivity index (χ3v) is 2.85. The fourth-order valence-corrected chi connectivity index (χ4v) is 1.93. The van der Waals surface area contributed by atoms with Gasteiger partial charge in [-0.05, 0) is 32.7 Å². The van der Waals surface area contributed by atoms with Crippen molar-refractivity contribution in [3.05, 3.63) is 0 Å². The second-order valence-corrected chi connectivity index (χ2v) is 4.46. The highest BCUT2D eigenvalue weighted by Gasteiger charge is 2.17. The van der Waals surface area contributed by atoms with E-state index in [4.69, 9.17) is 4.74 Å². The monoisotopic (exact) mass is 264 g/mol. The van der Waals surface area contributed by atoms with Crippen molar-refractivity contribution in [1.29, 1.82) is 0 Å². The molecular weight excluding hydrogens is 240 g/mol. The SMILES string of the molecule is CCN[C@H](C)CNC(=O)CC1CCCCO1.Cl. The van der Waals surface area contributed by atoms with Crippen LogP contribution in [-0.4, -0.2) is 37.7 Å². The minimum absolute atomic E-state index is 0. The third kappa shape index (κ3) is 7.58. The van der Waals surface area contributed by atoms with Crippen LogP contribution in [0.25, 0.3) is 0 Å². The third-order valence-electron chi connectivity index (χ3n) is 2.85.